The molecular formula is C11H16FIN2O. The lowest BCUT2D eigenvalue weighted by molar-refractivity contribution is 0.0870. The van der Waals surface area contributed by atoms with Crippen LogP contribution in [0, 0.1) is 9.39 Å². The second-order valence-electron chi connectivity index (χ2n) is 3.70. The van der Waals surface area contributed by atoms with E-state index >= 15 is 0 Å². The average Bonchev–Trinajstić information content (AvgIpc) is 2.19. The van der Waals surface area contributed by atoms with Crippen molar-refractivity contribution in [2.45, 2.75) is 20.0 Å². The summed E-state index contributed by atoms with van der Waals surface area (Å²) in [6.45, 7) is 5.13. The van der Waals surface area contributed by atoms with Crippen LogP contribution in [0.5, 0.6) is 0 Å². The van der Waals surface area contributed by atoms with Gasteiger partial charge < -0.3 is 15.8 Å². The van der Waals surface area contributed by atoms with Crippen molar-refractivity contribution >= 4 is 34.0 Å². The van der Waals surface area contributed by atoms with Crippen molar-refractivity contribution in [2.75, 3.05) is 24.2 Å². The molecule has 1 aromatic carbocycles. The fourth-order valence-corrected chi connectivity index (χ4v) is 1.69. The first-order chi connectivity index (χ1) is 7.50. The molecule has 0 unspecified atom stereocenters. The summed E-state index contributed by atoms with van der Waals surface area (Å²) < 4.78 is 19.1. The topological polar surface area (TPSA) is 47.3 Å². The highest BCUT2D eigenvalue weighted by molar-refractivity contribution is 14.1. The summed E-state index contributed by atoms with van der Waals surface area (Å²) in [6, 6.07) is 3.02. The van der Waals surface area contributed by atoms with Crippen LogP contribution in [0.3, 0.4) is 0 Å². The molecule has 0 atom stereocenters. The molecule has 0 fully saturated rings. The summed E-state index contributed by atoms with van der Waals surface area (Å²) in [4.78, 5) is 0. The number of hydrogen-bond donors (Lipinski definition) is 2. The summed E-state index contributed by atoms with van der Waals surface area (Å²) in [5.41, 5.74) is 6.92. The van der Waals surface area contributed by atoms with Crippen LogP contribution in [-0.4, -0.2) is 19.3 Å². The number of nitrogens with two attached hydrogens (primary N) is 1. The van der Waals surface area contributed by atoms with E-state index in [1.54, 1.807) is 6.07 Å². The van der Waals surface area contributed by atoms with Crippen LogP contribution in [0.4, 0.5) is 15.8 Å². The van der Waals surface area contributed by atoms with Gasteiger partial charge in [-0.3, -0.25) is 0 Å². The normalized spacial score (nSPS) is 10.8. The van der Waals surface area contributed by atoms with Crippen molar-refractivity contribution in [3.8, 4) is 0 Å². The fraction of sp³-hybridized carbons (Fsp3) is 0.455. The zero-order valence-electron chi connectivity index (χ0n) is 9.39. The van der Waals surface area contributed by atoms with Gasteiger partial charge in [-0.15, -0.1) is 0 Å². The first-order valence-corrected chi connectivity index (χ1v) is 6.18. The maximum Gasteiger partial charge on any atom is 0.138 e. The van der Waals surface area contributed by atoms with E-state index in [4.69, 9.17) is 10.5 Å². The molecule has 90 valence electrons. The van der Waals surface area contributed by atoms with Gasteiger partial charge in [0.15, 0.2) is 0 Å². The summed E-state index contributed by atoms with van der Waals surface area (Å²) in [7, 11) is 0. The Labute approximate surface area is 109 Å². The first-order valence-electron chi connectivity index (χ1n) is 5.10. The van der Waals surface area contributed by atoms with Crippen LogP contribution >= 0.6 is 22.6 Å². The molecule has 0 radical (unpaired) electrons. The number of rotatable bonds is 5. The number of nitrogens with one attached hydrogen (secondary N) is 1. The maximum absolute atomic E-state index is 13.3. The Kier molecular flexibility index (Phi) is 5.27. The van der Waals surface area contributed by atoms with Crippen LogP contribution in [-0.2, 0) is 4.74 Å². The van der Waals surface area contributed by atoms with Crippen molar-refractivity contribution in [2.24, 2.45) is 0 Å². The summed E-state index contributed by atoms with van der Waals surface area (Å²) in [5.74, 6) is -0.262. The molecule has 0 saturated carbocycles. The standard InChI is InChI=1S/C11H16FIN2O/c1-7(2)16-4-3-15-11-5-8(12)9(13)6-10(11)14/h5-7,15H,3-4,14H2,1-2H3. The van der Waals surface area contributed by atoms with E-state index in [-0.39, 0.29) is 11.9 Å². The molecule has 3 nitrogen and oxygen atoms in total. The minimum atomic E-state index is -0.262. The highest BCUT2D eigenvalue weighted by Gasteiger charge is 2.05. The molecule has 0 bridgehead atoms. The fourth-order valence-electron chi connectivity index (χ4n) is 1.20. The molecule has 1 rings (SSSR count). The monoisotopic (exact) mass is 338 g/mol. The minimum absolute atomic E-state index is 0.201. The summed E-state index contributed by atoms with van der Waals surface area (Å²) >= 11 is 1.91. The van der Waals surface area contributed by atoms with Gasteiger partial charge >= 0.3 is 0 Å². The Morgan fingerprint density at radius 2 is 2.19 bits per heavy atom. The molecule has 5 heteroatoms. The third-order valence-electron chi connectivity index (χ3n) is 1.96. The van der Waals surface area contributed by atoms with Gasteiger partial charge in [-0.25, -0.2) is 4.39 Å². The van der Waals surface area contributed by atoms with E-state index in [1.807, 2.05) is 36.4 Å². The van der Waals surface area contributed by atoms with E-state index in [9.17, 15) is 4.39 Å². The lowest BCUT2D eigenvalue weighted by atomic mass is 10.2. The molecule has 0 aliphatic heterocycles. The van der Waals surface area contributed by atoms with Gasteiger partial charge in [-0.2, -0.15) is 0 Å². The highest BCUT2D eigenvalue weighted by atomic mass is 127. The molecule has 3 N–H and O–H groups in total. The number of hydrogen-bond acceptors (Lipinski definition) is 3. The Bertz CT molecular complexity index is 358. The molecule has 0 aliphatic carbocycles. The van der Waals surface area contributed by atoms with Gasteiger partial charge in [0.25, 0.3) is 0 Å². The SMILES string of the molecule is CC(C)OCCNc1cc(F)c(I)cc1N. The van der Waals surface area contributed by atoms with Crippen LogP contribution in [0.2, 0.25) is 0 Å². The van der Waals surface area contributed by atoms with E-state index in [2.05, 4.69) is 5.32 Å². The molecular weight excluding hydrogens is 322 g/mol. The number of halogens is 2. The van der Waals surface area contributed by atoms with Crippen molar-refractivity contribution in [3.63, 3.8) is 0 Å². The predicted molar refractivity (Wildman–Crippen MR) is 73.1 cm³/mol. The number of nitrogen functional groups attached to an aromatic ring is 1. The molecule has 0 aliphatic rings. The van der Waals surface area contributed by atoms with Crippen molar-refractivity contribution in [3.05, 3.63) is 21.5 Å². The molecule has 0 saturated heterocycles. The Hall–Kier alpha value is -0.560. The van der Waals surface area contributed by atoms with E-state index in [0.717, 1.165) is 0 Å². The highest BCUT2D eigenvalue weighted by Crippen LogP contribution is 2.23. The minimum Gasteiger partial charge on any atom is -0.397 e. The quantitative estimate of drug-likeness (QED) is 0.493. The Morgan fingerprint density at radius 3 is 2.81 bits per heavy atom. The predicted octanol–water partition coefficient (Wildman–Crippen LogP) is 2.85. The number of anilines is 2. The Morgan fingerprint density at radius 1 is 1.50 bits per heavy atom. The Balaban J connectivity index is 2.51. The van der Waals surface area contributed by atoms with E-state index in [1.165, 1.54) is 6.07 Å². The molecule has 0 heterocycles. The summed E-state index contributed by atoms with van der Waals surface area (Å²) in [6.07, 6.45) is 0.201. The van der Waals surface area contributed by atoms with Crippen molar-refractivity contribution in [1.29, 1.82) is 0 Å². The third kappa shape index (κ3) is 4.13. The van der Waals surface area contributed by atoms with Crippen LogP contribution < -0.4 is 11.1 Å². The van der Waals surface area contributed by atoms with Gasteiger partial charge in [0.1, 0.15) is 5.82 Å². The molecule has 1 aromatic rings. The molecule has 16 heavy (non-hydrogen) atoms. The zero-order valence-corrected chi connectivity index (χ0v) is 11.5. The van der Waals surface area contributed by atoms with Gasteiger partial charge in [-0.1, -0.05) is 0 Å². The molecule has 0 aromatic heterocycles. The maximum atomic E-state index is 13.3. The zero-order chi connectivity index (χ0) is 12.1. The van der Waals surface area contributed by atoms with Gasteiger partial charge in [0, 0.05) is 12.6 Å². The van der Waals surface area contributed by atoms with Gasteiger partial charge in [0.05, 0.1) is 27.7 Å². The second-order valence-corrected chi connectivity index (χ2v) is 4.86. The van der Waals surface area contributed by atoms with E-state index in [0.29, 0.717) is 28.1 Å². The van der Waals surface area contributed by atoms with Crippen LogP contribution in [0.25, 0.3) is 0 Å². The molecule has 0 spiro atoms. The number of benzene rings is 1. The van der Waals surface area contributed by atoms with Crippen LogP contribution in [0.15, 0.2) is 12.1 Å². The van der Waals surface area contributed by atoms with Gasteiger partial charge in [-0.05, 0) is 42.5 Å². The van der Waals surface area contributed by atoms with Crippen molar-refractivity contribution < 1.29 is 9.13 Å². The number of ether oxygens (including phenoxy) is 1. The lowest BCUT2D eigenvalue weighted by Gasteiger charge is -2.11. The summed E-state index contributed by atoms with van der Waals surface area (Å²) in [5, 5.41) is 3.04. The van der Waals surface area contributed by atoms with Crippen molar-refractivity contribution in [1.82, 2.24) is 0 Å². The first kappa shape index (κ1) is 13.5. The average molecular weight is 338 g/mol. The lowest BCUT2D eigenvalue weighted by Crippen LogP contribution is -2.14. The van der Waals surface area contributed by atoms with E-state index < -0.39 is 0 Å². The second kappa shape index (κ2) is 6.24. The smallest absolute Gasteiger partial charge is 0.138 e. The molecule has 0 amide bonds. The third-order valence-corrected chi connectivity index (χ3v) is 2.79. The largest absolute Gasteiger partial charge is 0.397 e. The van der Waals surface area contributed by atoms with Crippen LogP contribution in [0.1, 0.15) is 13.8 Å². The van der Waals surface area contributed by atoms with Gasteiger partial charge in [0.2, 0.25) is 0 Å².